The van der Waals surface area contributed by atoms with Crippen LogP contribution in [-0.2, 0) is 9.84 Å². The summed E-state index contributed by atoms with van der Waals surface area (Å²) in [6.07, 6.45) is 1.08. The molecule has 0 aliphatic carbocycles. The standard InChI is InChI=1S/C23H25ClN2O3S2/c1-15-4-5-16(2)19(12-15)20-14-30-23(25-20)26-10-8-18(9-11-26)31(27,28)22-13-17(24)6-7-21(22)29-3/h4-7,12-14,18H,8-11H2,1-3H3. The first kappa shape index (κ1) is 22.1. The minimum absolute atomic E-state index is 0.174. The lowest BCUT2D eigenvalue weighted by Crippen LogP contribution is -2.39. The first-order valence-corrected chi connectivity index (χ1v) is 13.0. The van der Waals surface area contributed by atoms with Crippen LogP contribution in [0.3, 0.4) is 0 Å². The van der Waals surface area contributed by atoms with E-state index in [0.29, 0.717) is 36.7 Å². The highest BCUT2D eigenvalue weighted by atomic mass is 35.5. The minimum Gasteiger partial charge on any atom is -0.495 e. The number of methoxy groups -OCH3 is 1. The van der Waals surface area contributed by atoms with Crippen LogP contribution < -0.4 is 9.64 Å². The largest absolute Gasteiger partial charge is 0.495 e. The van der Waals surface area contributed by atoms with Gasteiger partial charge in [-0.3, -0.25) is 0 Å². The molecule has 5 nitrogen and oxygen atoms in total. The molecule has 0 radical (unpaired) electrons. The molecule has 0 unspecified atom stereocenters. The second-order valence-corrected chi connectivity index (χ2v) is 11.3. The van der Waals surface area contributed by atoms with E-state index in [1.165, 1.54) is 24.3 Å². The van der Waals surface area contributed by atoms with Crippen molar-refractivity contribution in [2.24, 2.45) is 0 Å². The number of halogens is 1. The van der Waals surface area contributed by atoms with E-state index < -0.39 is 15.1 Å². The number of nitrogens with zero attached hydrogens (tertiary/aromatic N) is 2. The highest BCUT2D eigenvalue weighted by molar-refractivity contribution is 7.92. The Morgan fingerprint density at radius 1 is 1.13 bits per heavy atom. The van der Waals surface area contributed by atoms with Crippen molar-refractivity contribution >= 4 is 37.9 Å². The molecule has 2 heterocycles. The third-order valence-electron chi connectivity index (χ3n) is 5.74. The summed E-state index contributed by atoms with van der Waals surface area (Å²) in [7, 11) is -2.06. The molecule has 2 aromatic carbocycles. The predicted octanol–water partition coefficient (Wildman–Crippen LogP) is 5.53. The van der Waals surface area contributed by atoms with E-state index in [0.717, 1.165) is 16.4 Å². The summed E-state index contributed by atoms with van der Waals surface area (Å²) in [4.78, 5) is 7.20. The summed E-state index contributed by atoms with van der Waals surface area (Å²) in [6.45, 7) is 5.46. The molecule has 1 saturated heterocycles. The fraction of sp³-hybridized carbons (Fsp3) is 0.348. The van der Waals surface area contributed by atoms with Crippen molar-refractivity contribution in [1.82, 2.24) is 4.98 Å². The van der Waals surface area contributed by atoms with Crippen LogP contribution in [0.15, 0.2) is 46.7 Å². The Hall–Kier alpha value is -2.09. The number of rotatable bonds is 5. The Morgan fingerprint density at radius 3 is 2.58 bits per heavy atom. The minimum atomic E-state index is -3.53. The van der Waals surface area contributed by atoms with Crippen molar-refractivity contribution in [3.8, 4) is 17.0 Å². The predicted molar refractivity (Wildman–Crippen MR) is 127 cm³/mol. The molecule has 3 aromatic rings. The summed E-state index contributed by atoms with van der Waals surface area (Å²) >= 11 is 7.67. The van der Waals surface area contributed by atoms with Gasteiger partial charge in [0.2, 0.25) is 0 Å². The molecular formula is C23H25ClN2O3S2. The van der Waals surface area contributed by atoms with Gasteiger partial charge in [0.1, 0.15) is 10.6 Å². The van der Waals surface area contributed by atoms with Crippen molar-refractivity contribution in [2.45, 2.75) is 36.8 Å². The smallest absolute Gasteiger partial charge is 0.185 e. The van der Waals surface area contributed by atoms with Gasteiger partial charge >= 0.3 is 0 Å². The average molecular weight is 477 g/mol. The topological polar surface area (TPSA) is 59.5 Å². The summed E-state index contributed by atoms with van der Waals surface area (Å²) in [5, 5.41) is 2.94. The number of ether oxygens (including phenoxy) is 1. The molecule has 0 bridgehead atoms. The Morgan fingerprint density at radius 2 is 1.87 bits per heavy atom. The Labute approximate surface area is 192 Å². The molecule has 164 valence electrons. The highest BCUT2D eigenvalue weighted by Crippen LogP contribution is 2.35. The number of thiazole rings is 1. The zero-order valence-corrected chi connectivity index (χ0v) is 20.1. The zero-order valence-electron chi connectivity index (χ0n) is 17.8. The first-order valence-electron chi connectivity index (χ1n) is 10.1. The molecule has 8 heteroatoms. The number of aryl methyl sites for hydroxylation is 2. The Kier molecular flexibility index (Phi) is 6.28. The second-order valence-electron chi connectivity index (χ2n) is 7.86. The van der Waals surface area contributed by atoms with Gasteiger partial charge < -0.3 is 9.64 Å². The summed E-state index contributed by atoms with van der Waals surface area (Å²) in [5.41, 5.74) is 4.52. The molecule has 1 fully saturated rings. The number of sulfone groups is 1. The number of hydrogen-bond acceptors (Lipinski definition) is 6. The van der Waals surface area contributed by atoms with Gasteiger partial charge in [0.05, 0.1) is 18.1 Å². The molecule has 0 atom stereocenters. The van der Waals surface area contributed by atoms with Crippen LogP contribution in [0, 0.1) is 13.8 Å². The molecule has 1 aromatic heterocycles. The van der Waals surface area contributed by atoms with Crippen LogP contribution in [0.4, 0.5) is 5.13 Å². The summed E-state index contributed by atoms with van der Waals surface area (Å²) in [5.74, 6) is 0.338. The molecule has 0 spiro atoms. The number of aromatic nitrogens is 1. The third kappa shape index (κ3) is 4.45. The second kappa shape index (κ2) is 8.81. The molecule has 0 amide bonds. The van der Waals surface area contributed by atoms with E-state index in [2.05, 4.69) is 42.3 Å². The zero-order chi connectivity index (χ0) is 22.2. The number of hydrogen-bond donors (Lipinski definition) is 0. The van der Waals surface area contributed by atoms with E-state index in [1.54, 1.807) is 23.5 Å². The molecule has 0 N–H and O–H groups in total. The Bertz CT molecular complexity index is 1200. The normalized spacial score (nSPS) is 15.3. The first-order chi connectivity index (χ1) is 14.8. The highest BCUT2D eigenvalue weighted by Gasteiger charge is 2.34. The fourth-order valence-corrected chi connectivity index (χ4v) is 6.98. The molecule has 1 aliphatic heterocycles. The van der Waals surface area contributed by atoms with Crippen LogP contribution in [0.2, 0.25) is 5.02 Å². The molecule has 31 heavy (non-hydrogen) atoms. The van der Waals surface area contributed by atoms with Crippen molar-refractivity contribution in [2.75, 3.05) is 25.1 Å². The van der Waals surface area contributed by atoms with Crippen molar-refractivity contribution in [3.05, 3.63) is 57.9 Å². The van der Waals surface area contributed by atoms with Crippen molar-refractivity contribution in [3.63, 3.8) is 0 Å². The van der Waals surface area contributed by atoms with Gasteiger partial charge in [0, 0.05) is 29.1 Å². The van der Waals surface area contributed by atoms with E-state index in [9.17, 15) is 8.42 Å². The maximum Gasteiger partial charge on any atom is 0.185 e. The van der Waals surface area contributed by atoms with Gasteiger partial charge in [-0.15, -0.1) is 11.3 Å². The maximum atomic E-state index is 13.3. The van der Waals surface area contributed by atoms with E-state index in [4.69, 9.17) is 21.3 Å². The summed E-state index contributed by atoms with van der Waals surface area (Å²) < 4.78 is 31.8. The molecular weight excluding hydrogens is 452 g/mol. The quantitative estimate of drug-likeness (QED) is 0.484. The van der Waals surface area contributed by atoms with E-state index >= 15 is 0 Å². The van der Waals surface area contributed by atoms with Crippen molar-refractivity contribution in [1.29, 1.82) is 0 Å². The number of piperidine rings is 1. The lowest BCUT2D eigenvalue weighted by molar-refractivity contribution is 0.402. The van der Waals surface area contributed by atoms with Gasteiger partial charge in [-0.1, -0.05) is 29.3 Å². The summed E-state index contributed by atoms with van der Waals surface area (Å²) in [6, 6.07) is 11.1. The van der Waals surface area contributed by atoms with Crippen molar-refractivity contribution < 1.29 is 13.2 Å². The van der Waals surface area contributed by atoms with Gasteiger partial charge in [0.15, 0.2) is 15.0 Å². The van der Waals surface area contributed by atoms with Gasteiger partial charge in [0.25, 0.3) is 0 Å². The van der Waals surface area contributed by atoms with Crippen LogP contribution in [0.1, 0.15) is 24.0 Å². The van der Waals surface area contributed by atoms with E-state index in [1.807, 2.05) is 0 Å². The average Bonchev–Trinajstić information content (AvgIpc) is 3.25. The SMILES string of the molecule is COc1ccc(Cl)cc1S(=O)(=O)C1CCN(c2nc(-c3cc(C)ccc3C)cs2)CC1. The van der Waals surface area contributed by atoms with Crippen LogP contribution in [0.5, 0.6) is 5.75 Å². The number of benzene rings is 2. The molecule has 4 rings (SSSR count). The van der Waals surface area contributed by atoms with Crippen LogP contribution in [0.25, 0.3) is 11.3 Å². The lowest BCUT2D eigenvalue weighted by atomic mass is 10.0. The Balaban J connectivity index is 1.50. The number of anilines is 1. The van der Waals surface area contributed by atoms with Gasteiger partial charge in [-0.05, 0) is 56.5 Å². The van der Waals surface area contributed by atoms with Gasteiger partial charge in [-0.2, -0.15) is 0 Å². The lowest BCUT2D eigenvalue weighted by Gasteiger charge is -2.31. The third-order valence-corrected chi connectivity index (χ3v) is 9.16. The van der Waals surface area contributed by atoms with E-state index in [-0.39, 0.29) is 4.90 Å². The fourth-order valence-electron chi connectivity index (χ4n) is 3.95. The molecule has 1 aliphatic rings. The maximum absolute atomic E-state index is 13.3. The molecule has 0 saturated carbocycles. The van der Waals surface area contributed by atoms with Gasteiger partial charge in [-0.25, -0.2) is 13.4 Å². The van der Waals surface area contributed by atoms with Crippen LogP contribution in [-0.4, -0.2) is 38.9 Å². The van der Waals surface area contributed by atoms with Crippen LogP contribution >= 0.6 is 22.9 Å². The monoisotopic (exact) mass is 476 g/mol.